The summed E-state index contributed by atoms with van der Waals surface area (Å²) in [6, 6.07) is 2.43. The van der Waals surface area contributed by atoms with Crippen LogP contribution >= 0.6 is 0 Å². The molecule has 5 nitrogen and oxygen atoms in total. The minimum absolute atomic E-state index is 0.194. The standard InChI is InChI=1S/C15H24N4O/c1-4-12-9-14(17-10-16-12)18-13-7-5-11(6-8-13)15(20)19(2)3/h9-11,13H,4-8H2,1-3H3,(H,16,17,18)/t11-,13-. The molecule has 1 heterocycles. The van der Waals surface area contributed by atoms with Crippen molar-refractivity contribution in [2.75, 3.05) is 19.4 Å². The van der Waals surface area contributed by atoms with E-state index >= 15 is 0 Å². The molecule has 1 amide bonds. The first-order valence-corrected chi connectivity index (χ1v) is 7.38. The second-order valence-corrected chi connectivity index (χ2v) is 5.67. The average molecular weight is 276 g/mol. The molecule has 1 fully saturated rings. The normalized spacial score (nSPS) is 22.4. The van der Waals surface area contributed by atoms with Gasteiger partial charge in [-0.2, -0.15) is 0 Å². The van der Waals surface area contributed by atoms with Gasteiger partial charge in [0.25, 0.3) is 0 Å². The van der Waals surface area contributed by atoms with Gasteiger partial charge in [-0.05, 0) is 32.1 Å². The van der Waals surface area contributed by atoms with E-state index in [1.165, 1.54) is 0 Å². The van der Waals surface area contributed by atoms with Crippen molar-refractivity contribution >= 4 is 11.7 Å². The lowest BCUT2D eigenvalue weighted by Crippen LogP contribution is -2.35. The smallest absolute Gasteiger partial charge is 0.225 e. The first-order chi connectivity index (χ1) is 9.60. The molecule has 1 aliphatic rings. The molecule has 0 bridgehead atoms. The molecule has 0 radical (unpaired) electrons. The number of anilines is 1. The summed E-state index contributed by atoms with van der Waals surface area (Å²) in [6.45, 7) is 2.09. The number of aromatic nitrogens is 2. The van der Waals surface area contributed by atoms with Crippen molar-refractivity contribution in [3.63, 3.8) is 0 Å². The molecule has 110 valence electrons. The largest absolute Gasteiger partial charge is 0.367 e. The van der Waals surface area contributed by atoms with Crippen molar-refractivity contribution in [3.8, 4) is 0 Å². The van der Waals surface area contributed by atoms with Crippen LogP contribution in [0.25, 0.3) is 0 Å². The second-order valence-electron chi connectivity index (χ2n) is 5.67. The van der Waals surface area contributed by atoms with Gasteiger partial charge in [0.1, 0.15) is 12.1 Å². The van der Waals surface area contributed by atoms with Crippen LogP contribution in [0, 0.1) is 5.92 Å². The molecule has 1 aromatic rings. The Morgan fingerprint density at radius 2 is 2.00 bits per heavy atom. The Morgan fingerprint density at radius 1 is 1.30 bits per heavy atom. The van der Waals surface area contributed by atoms with Crippen molar-refractivity contribution in [1.29, 1.82) is 0 Å². The van der Waals surface area contributed by atoms with Crippen LogP contribution in [-0.4, -0.2) is 40.9 Å². The van der Waals surface area contributed by atoms with Crippen molar-refractivity contribution in [3.05, 3.63) is 18.1 Å². The van der Waals surface area contributed by atoms with E-state index in [0.29, 0.717) is 6.04 Å². The van der Waals surface area contributed by atoms with E-state index in [1.807, 2.05) is 20.2 Å². The zero-order valence-electron chi connectivity index (χ0n) is 12.6. The Balaban J connectivity index is 1.86. The van der Waals surface area contributed by atoms with Crippen LogP contribution in [0.5, 0.6) is 0 Å². The molecule has 1 saturated carbocycles. The highest BCUT2D eigenvalue weighted by Crippen LogP contribution is 2.27. The SMILES string of the molecule is CCc1cc(N[C@H]2CC[C@H](C(=O)N(C)C)CC2)ncn1. The number of amides is 1. The van der Waals surface area contributed by atoms with Crippen LogP contribution in [0.2, 0.25) is 0 Å². The van der Waals surface area contributed by atoms with E-state index in [-0.39, 0.29) is 11.8 Å². The lowest BCUT2D eigenvalue weighted by atomic mass is 9.85. The third-order valence-corrected chi connectivity index (χ3v) is 3.96. The highest BCUT2D eigenvalue weighted by molar-refractivity contribution is 5.78. The van der Waals surface area contributed by atoms with Gasteiger partial charge in [0.2, 0.25) is 5.91 Å². The molecule has 2 rings (SSSR count). The monoisotopic (exact) mass is 276 g/mol. The second kappa shape index (κ2) is 6.68. The maximum Gasteiger partial charge on any atom is 0.225 e. The van der Waals surface area contributed by atoms with Crippen LogP contribution in [-0.2, 0) is 11.2 Å². The molecule has 0 aliphatic heterocycles. The van der Waals surface area contributed by atoms with Crippen LogP contribution in [0.4, 0.5) is 5.82 Å². The molecule has 5 heteroatoms. The van der Waals surface area contributed by atoms with Gasteiger partial charge < -0.3 is 10.2 Å². The predicted octanol–water partition coefficient (Wildman–Crippen LogP) is 2.10. The number of hydrogen-bond acceptors (Lipinski definition) is 4. The lowest BCUT2D eigenvalue weighted by molar-refractivity contribution is -0.133. The molecule has 0 spiro atoms. The Bertz CT molecular complexity index is 453. The van der Waals surface area contributed by atoms with Gasteiger partial charge in [0.15, 0.2) is 0 Å². The maximum atomic E-state index is 11.9. The zero-order chi connectivity index (χ0) is 14.5. The Hall–Kier alpha value is -1.65. The minimum Gasteiger partial charge on any atom is -0.367 e. The third-order valence-electron chi connectivity index (χ3n) is 3.96. The lowest BCUT2D eigenvalue weighted by Gasteiger charge is -2.30. The maximum absolute atomic E-state index is 11.9. The molecule has 1 aromatic heterocycles. The quantitative estimate of drug-likeness (QED) is 0.915. The van der Waals surface area contributed by atoms with Crippen molar-refractivity contribution in [1.82, 2.24) is 14.9 Å². The van der Waals surface area contributed by atoms with E-state index in [2.05, 4.69) is 22.2 Å². The molecular formula is C15H24N4O. The van der Waals surface area contributed by atoms with Gasteiger partial charge in [-0.15, -0.1) is 0 Å². The summed E-state index contributed by atoms with van der Waals surface area (Å²) in [4.78, 5) is 22.1. The Kier molecular flexibility index (Phi) is 4.93. The minimum atomic E-state index is 0.194. The highest BCUT2D eigenvalue weighted by atomic mass is 16.2. The summed E-state index contributed by atoms with van der Waals surface area (Å²) in [5, 5.41) is 3.47. The van der Waals surface area contributed by atoms with Crippen molar-refractivity contribution in [2.24, 2.45) is 5.92 Å². The van der Waals surface area contributed by atoms with Crippen LogP contribution in [0.3, 0.4) is 0 Å². The molecule has 0 unspecified atom stereocenters. The Labute approximate surface area is 120 Å². The third kappa shape index (κ3) is 3.68. The summed E-state index contributed by atoms with van der Waals surface area (Å²) >= 11 is 0. The van der Waals surface area contributed by atoms with E-state index < -0.39 is 0 Å². The number of carbonyl (C=O) groups is 1. The van der Waals surface area contributed by atoms with E-state index in [4.69, 9.17) is 0 Å². The fourth-order valence-electron chi connectivity index (χ4n) is 2.73. The van der Waals surface area contributed by atoms with Gasteiger partial charge >= 0.3 is 0 Å². The van der Waals surface area contributed by atoms with Crippen molar-refractivity contribution in [2.45, 2.75) is 45.1 Å². The number of carbonyl (C=O) groups excluding carboxylic acids is 1. The molecule has 1 N–H and O–H groups in total. The first kappa shape index (κ1) is 14.8. The number of hydrogen-bond donors (Lipinski definition) is 1. The summed E-state index contributed by atoms with van der Waals surface area (Å²) < 4.78 is 0. The first-order valence-electron chi connectivity index (χ1n) is 7.38. The fraction of sp³-hybridized carbons (Fsp3) is 0.667. The summed E-state index contributed by atoms with van der Waals surface area (Å²) in [7, 11) is 3.67. The van der Waals surface area contributed by atoms with Gasteiger partial charge in [-0.25, -0.2) is 9.97 Å². The van der Waals surface area contributed by atoms with Gasteiger partial charge in [0.05, 0.1) is 0 Å². The van der Waals surface area contributed by atoms with Crippen LogP contribution in [0.1, 0.15) is 38.3 Å². The molecule has 1 aliphatic carbocycles. The topological polar surface area (TPSA) is 58.1 Å². The molecule has 20 heavy (non-hydrogen) atoms. The summed E-state index contributed by atoms with van der Waals surface area (Å²) in [5.74, 6) is 1.36. The fourth-order valence-corrected chi connectivity index (χ4v) is 2.73. The van der Waals surface area contributed by atoms with E-state index in [0.717, 1.165) is 43.6 Å². The zero-order valence-corrected chi connectivity index (χ0v) is 12.6. The van der Waals surface area contributed by atoms with Crippen LogP contribution < -0.4 is 5.32 Å². The highest BCUT2D eigenvalue weighted by Gasteiger charge is 2.27. The number of rotatable bonds is 4. The van der Waals surface area contributed by atoms with Gasteiger partial charge in [-0.1, -0.05) is 6.92 Å². The van der Waals surface area contributed by atoms with Crippen LogP contribution in [0.15, 0.2) is 12.4 Å². The van der Waals surface area contributed by atoms with Gasteiger partial charge in [-0.3, -0.25) is 4.79 Å². The predicted molar refractivity (Wildman–Crippen MR) is 79.5 cm³/mol. The molecule has 0 aromatic carbocycles. The molecular weight excluding hydrogens is 252 g/mol. The summed E-state index contributed by atoms with van der Waals surface area (Å²) in [6.07, 6.45) is 6.50. The number of nitrogens with one attached hydrogen (secondary N) is 1. The Morgan fingerprint density at radius 3 is 2.60 bits per heavy atom. The summed E-state index contributed by atoms with van der Waals surface area (Å²) in [5.41, 5.74) is 1.05. The van der Waals surface area contributed by atoms with E-state index in [1.54, 1.807) is 11.2 Å². The van der Waals surface area contributed by atoms with Gasteiger partial charge in [0, 0.05) is 37.8 Å². The molecule has 0 atom stereocenters. The van der Waals surface area contributed by atoms with E-state index in [9.17, 15) is 4.79 Å². The molecule has 0 saturated heterocycles. The average Bonchev–Trinajstić information content (AvgIpc) is 2.47. The van der Waals surface area contributed by atoms with Crippen molar-refractivity contribution < 1.29 is 4.79 Å². The number of aryl methyl sites for hydroxylation is 1. The number of nitrogens with zero attached hydrogens (tertiary/aromatic N) is 3.